The van der Waals surface area contributed by atoms with Crippen molar-refractivity contribution in [2.24, 2.45) is 7.05 Å². The van der Waals surface area contributed by atoms with Gasteiger partial charge in [0.15, 0.2) is 6.61 Å². The normalized spacial score (nSPS) is 9.80. The van der Waals surface area contributed by atoms with E-state index >= 15 is 0 Å². The van der Waals surface area contributed by atoms with Gasteiger partial charge in [-0.25, -0.2) is 0 Å². The highest BCUT2D eigenvalue weighted by Gasteiger charge is 2.06. The molecule has 0 aliphatic rings. The maximum Gasteiger partial charge on any atom is 0.258 e. The van der Waals surface area contributed by atoms with Crippen LogP contribution in [-0.4, -0.2) is 22.3 Å². The molecule has 0 spiro atoms. The van der Waals surface area contributed by atoms with Crippen molar-refractivity contribution in [1.82, 2.24) is 15.1 Å². The molecule has 0 saturated heterocycles. The van der Waals surface area contributed by atoms with Crippen molar-refractivity contribution < 1.29 is 9.53 Å². The van der Waals surface area contributed by atoms with E-state index in [1.54, 1.807) is 35.1 Å². The smallest absolute Gasteiger partial charge is 0.258 e. The Hall–Kier alpha value is -2.81. The molecular weight excluding hydrogens is 256 g/mol. The number of aryl methyl sites for hydroxylation is 1. The van der Waals surface area contributed by atoms with E-state index in [9.17, 15) is 4.79 Å². The van der Waals surface area contributed by atoms with E-state index in [1.807, 2.05) is 19.2 Å². The van der Waals surface area contributed by atoms with E-state index in [0.717, 1.165) is 5.69 Å². The molecule has 102 valence electrons. The summed E-state index contributed by atoms with van der Waals surface area (Å²) in [4.78, 5) is 11.6. The van der Waals surface area contributed by atoms with Gasteiger partial charge in [-0.15, -0.1) is 0 Å². The monoisotopic (exact) mass is 270 g/mol. The van der Waals surface area contributed by atoms with Gasteiger partial charge in [0, 0.05) is 13.2 Å². The Bertz CT molecular complexity index is 643. The van der Waals surface area contributed by atoms with Gasteiger partial charge in [-0.2, -0.15) is 10.4 Å². The molecule has 0 radical (unpaired) electrons. The van der Waals surface area contributed by atoms with Crippen LogP contribution in [0.25, 0.3) is 0 Å². The minimum absolute atomic E-state index is 0.133. The molecule has 0 bridgehead atoms. The summed E-state index contributed by atoms with van der Waals surface area (Å²) in [6.07, 6.45) is 1.81. The molecule has 2 rings (SSSR count). The van der Waals surface area contributed by atoms with Crippen molar-refractivity contribution in [1.29, 1.82) is 5.26 Å². The summed E-state index contributed by atoms with van der Waals surface area (Å²) >= 11 is 0. The van der Waals surface area contributed by atoms with Gasteiger partial charge in [0.25, 0.3) is 5.91 Å². The topological polar surface area (TPSA) is 79.9 Å². The van der Waals surface area contributed by atoms with Crippen LogP contribution in [0.15, 0.2) is 36.5 Å². The molecule has 20 heavy (non-hydrogen) atoms. The maximum absolute atomic E-state index is 11.6. The van der Waals surface area contributed by atoms with Crippen LogP contribution >= 0.6 is 0 Å². The Balaban J connectivity index is 1.82. The molecule has 0 fully saturated rings. The van der Waals surface area contributed by atoms with Crippen LogP contribution in [0.4, 0.5) is 0 Å². The molecule has 0 aliphatic carbocycles. The summed E-state index contributed by atoms with van der Waals surface area (Å²) in [7, 11) is 1.81. The number of hydrogen-bond donors (Lipinski definition) is 1. The minimum atomic E-state index is -0.261. The zero-order valence-electron chi connectivity index (χ0n) is 11.0. The predicted octanol–water partition coefficient (Wildman–Crippen LogP) is 0.987. The fourth-order valence-corrected chi connectivity index (χ4v) is 1.63. The summed E-state index contributed by atoms with van der Waals surface area (Å²) in [6.45, 7) is 0.217. The average molecular weight is 270 g/mol. The summed E-state index contributed by atoms with van der Waals surface area (Å²) in [5.41, 5.74) is 1.18. The van der Waals surface area contributed by atoms with E-state index in [4.69, 9.17) is 10.00 Å². The van der Waals surface area contributed by atoms with Crippen LogP contribution < -0.4 is 10.1 Å². The zero-order chi connectivity index (χ0) is 14.4. The number of amides is 1. The second-order valence-electron chi connectivity index (χ2n) is 4.15. The van der Waals surface area contributed by atoms with Crippen LogP contribution in [0.3, 0.4) is 0 Å². The van der Waals surface area contributed by atoms with Gasteiger partial charge in [-0.05, 0) is 18.2 Å². The molecule has 2 aromatic rings. The largest absolute Gasteiger partial charge is 0.482 e. The number of carbonyl (C=O) groups is 1. The Labute approximate surface area is 116 Å². The molecule has 1 N–H and O–H groups in total. The third-order valence-electron chi connectivity index (χ3n) is 2.60. The first-order valence-corrected chi connectivity index (χ1v) is 6.06. The third-order valence-corrected chi connectivity index (χ3v) is 2.60. The van der Waals surface area contributed by atoms with Crippen LogP contribution in [0, 0.1) is 11.3 Å². The number of nitriles is 1. The van der Waals surface area contributed by atoms with Crippen LogP contribution in [-0.2, 0) is 18.4 Å². The number of rotatable bonds is 5. The summed E-state index contributed by atoms with van der Waals surface area (Å²) in [5.74, 6) is 0.145. The van der Waals surface area contributed by atoms with E-state index in [2.05, 4.69) is 10.4 Å². The number of para-hydroxylation sites is 1. The number of hydrogen-bond acceptors (Lipinski definition) is 4. The Morgan fingerprint density at radius 2 is 2.25 bits per heavy atom. The molecule has 0 unspecified atom stereocenters. The van der Waals surface area contributed by atoms with E-state index < -0.39 is 0 Å². The second-order valence-corrected chi connectivity index (χ2v) is 4.15. The fraction of sp³-hybridized carbons (Fsp3) is 0.214. The Morgan fingerprint density at radius 3 is 2.95 bits per heavy atom. The Kier molecular flexibility index (Phi) is 4.35. The summed E-state index contributed by atoms with van der Waals surface area (Å²) < 4.78 is 6.99. The fourth-order valence-electron chi connectivity index (χ4n) is 1.63. The van der Waals surface area contributed by atoms with E-state index in [0.29, 0.717) is 17.9 Å². The molecule has 0 aliphatic heterocycles. The van der Waals surface area contributed by atoms with Gasteiger partial charge in [0.2, 0.25) is 0 Å². The number of carbonyl (C=O) groups excluding carboxylic acids is 1. The quantitative estimate of drug-likeness (QED) is 0.878. The van der Waals surface area contributed by atoms with Crippen LogP contribution in [0.1, 0.15) is 11.3 Å². The summed E-state index contributed by atoms with van der Waals surface area (Å²) in [5, 5.41) is 15.7. The Morgan fingerprint density at radius 1 is 1.45 bits per heavy atom. The van der Waals surface area contributed by atoms with Crippen molar-refractivity contribution in [3.63, 3.8) is 0 Å². The number of ether oxygens (including phenoxy) is 1. The first-order valence-electron chi connectivity index (χ1n) is 6.06. The number of nitrogens with zero attached hydrogens (tertiary/aromatic N) is 3. The molecule has 1 aromatic carbocycles. The minimum Gasteiger partial charge on any atom is -0.482 e. The van der Waals surface area contributed by atoms with Crippen molar-refractivity contribution >= 4 is 5.91 Å². The first-order chi connectivity index (χ1) is 9.69. The molecule has 6 nitrogen and oxygen atoms in total. The van der Waals surface area contributed by atoms with Gasteiger partial charge < -0.3 is 10.1 Å². The van der Waals surface area contributed by atoms with Crippen LogP contribution in [0.5, 0.6) is 5.75 Å². The third kappa shape index (κ3) is 3.59. The van der Waals surface area contributed by atoms with E-state index in [-0.39, 0.29) is 12.5 Å². The van der Waals surface area contributed by atoms with Gasteiger partial charge in [-0.1, -0.05) is 12.1 Å². The second kappa shape index (κ2) is 6.38. The standard InChI is InChI=1S/C14H14N4O2/c1-18-7-6-12(17-18)9-16-14(19)10-20-13-5-3-2-4-11(13)8-15/h2-7H,9-10H2,1H3,(H,16,19). The SMILES string of the molecule is Cn1ccc(CNC(=O)COc2ccccc2C#N)n1. The van der Waals surface area contributed by atoms with Crippen molar-refractivity contribution in [2.45, 2.75) is 6.54 Å². The molecule has 1 amide bonds. The average Bonchev–Trinajstić information content (AvgIpc) is 2.89. The van der Waals surface area contributed by atoms with Gasteiger partial charge in [-0.3, -0.25) is 9.48 Å². The predicted molar refractivity (Wildman–Crippen MR) is 71.7 cm³/mol. The van der Waals surface area contributed by atoms with Crippen molar-refractivity contribution in [3.05, 3.63) is 47.8 Å². The van der Waals surface area contributed by atoms with Crippen LogP contribution in [0.2, 0.25) is 0 Å². The van der Waals surface area contributed by atoms with Crippen molar-refractivity contribution in [3.8, 4) is 11.8 Å². The number of benzene rings is 1. The highest BCUT2D eigenvalue weighted by molar-refractivity contribution is 5.77. The lowest BCUT2D eigenvalue weighted by molar-refractivity contribution is -0.123. The number of aromatic nitrogens is 2. The zero-order valence-corrected chi connectivity index (χ0v) is 11.0. The van der Waals surface area contributed by atoms with Gasteiger partial charge in [0.05, 0.1) is 17.8 Å². The van der Waals surface area contributed by atoms with Gasteiger partial charge >= 0.3 is 0 Å². The van der Waals surface area contributed by atoms with Gasteiger partial charge in [0.1, 0.15) is 11.8 Å². The lowest BCUT2D eigenvalue weighted by Crippen LogP contribution is -2.28. The molecule has 0 atom stereocenters. The molecule has 6 heteroatoms. The summed E-state index contributed by atoms with van der Waals surface area (Å²) in [6, 6.07) is 10.6. The molecule has 1 heterocycles. The van der Waals surface area contributed by atoms with E-state index in [1.165, 1.54) is 0 Å². The lowest BCUT2D eigenvalue weighted by Gasteiger charge is -2.07. The maximum atomic E-state index is 11.6. The molecular formula is C14H14N4O2. The van der Waals surface area contributed by atoms with Crippen molar-refractivity contribution in [2.75, 3.05) is 6.61 Å². The first kappa shape index (κ1) is 13.6. The highest BCUT2D eigenvalue weighted by Crippen LogP contribution is 2.16. The molecule has 1 aromatic heterocycles. The lowest BCUT2D eigenvalue weighted by atomic mass is 10.2. The highest BCUT2D eigenvalue weighted by atomic mass is 16.5. The number of nitrogens with one attached hydrogen (secondary N) is 1. The molecule has 0 saturated carbocycles.